The Balaban J connectivity index is 1.89. The molecule has 1 aliphatic heterocycles. The van der Waals surface area contributed by atoms with E-state index in [2.05, 4.69) is 5.32 Å². The number of rotatable bonds is 4. The van der Waals surface area contributed by atoms with E-state index in [0.717, 1.165) is 24.2 Å². The Morgan fingerprint density at radius 3 is 2.73 bits per heavy atom. The molecule has 1 aliphatic rings. The van der Waals surface area contributed by atoms with Gasteiger partial charge in [0.25, 0.3) is 0 Å². The van der Waals surface area contributed by atoms with E-state index in [1.807, 2.05) is 18.2 Å². The van der Waals surface area contributed by atoms with Crippen LogP contribution in [0, 0.1) is 0 Å². The molecule has 5 heteroatoms. The molecule has 0 saturated heterocycles. The second-order valence-corrected chi connectivity index (χ2v) is 5.19. The molecular formula is C17H18N2O3. The highest BCUT2D eigenvalue weighted by Crippen LogP contribution is 2.28. The van der Waals surface area contributed by atoms with Gasteiger partial charge in [0.2, 0.25) is 0 Å². The maximum atomic E-state index is 11.6. The predicted molar refractivity (Wildman–Crippen MR) is 85.8 cm³/mol. The molecule has 3 rings (SSSR count). The lowest BCUT2D eigenvalue weighted by Crippen LogP contribution is -2.28. The highest BCUT2D eigenvalue weighted by Gasteiger charge is 2.19. The molecule has 0 fully saturated rings. The normalized spacial score (nSPS) is 12.4. The van der Waals surface area contributed by atoms with Gasteiger partial charge in [-0.1, -0.05) is 12.1 Å². The number of fused-ring (bicyclic) bond motifs is 1. The number of anilines is 2. The van der Waals surface area contributed by atoms with Gasteiger partial charge in [-0.15, -0.1) is 0 Å². The third kappa shape index (κ3) is 2.70. The molecule has 0 radical (unpaired) electrons. The van der Waals surface area contributed by atoms with Crippen molar-refractivity contribution in [3.63, 3.8) is 0 Å². The molecule has 0 bridgehead atoms. The average molecular weight is 298 g/mol. The largest absolute Gasteiger partial charge is 0.497 e. The van der Waals surface area contributed by atoms with E-state index in [0.29, 0.717) is 18.0 Å². The number of hydrogen-bond donors (Lipinski definition) is 2. The Morgan fingerprint density at radius 2 is 2.05 bits per heavy atom. The van der Waals surface area contributed by atoms with Crippen LogP contribution in [0.15, 0.2) is 42.5 Å². The van der Waals surface area contributed by atoms with E-state index in [9.17, 15) is 9.90 Å². The molecule has 0 unspecified atom stereocenters. The maximum Gasteiger partial charge on any atom is 0.412 e. The van der Waals surface area contributed by atoms with Crippen molar-refractivity contribution in [2.45, 2.75) is 13.0 Å². The van der Waals surface area contributed by atoms with Crippen LogP contribution in [0.1, 0.15) is 11.1 Å². The number of nitrogens with zero attached hydrogens (tertiary/aromatic N) is 1. The van der Waals surface area contributed by atoms with Gasteiger partial charge in [0.05, 0.1) is 13.7 Å². The summed E-state index contributed by atoms with van der Waals surface area (Å²) in [4.78, 5) is 13.0. The molecule has 0 aromatic heterocycles. The number of methoxy groups -OCH3 is 1. The molecular weight excluding hydrogens is 280 g/mol. The van der Waals surface area contributed by atoms with Crippen LogP contribution in [0.4, 0.5) is 16.2 Å². The van der Waals surface area contributed by atoms with Crippen molar-refractivity contribution in [2.75, 3.05) is 23.9 Å². The van der Waals surface area contributed by atoms with E-state index in [1.165, 1.54) is 10.5 Å². The summed E-state index contributed by atoms with van der Waals surface area (Å²) in [6.45, 7) is 1.24. The Kier molecular flexibility index (Phi) is 3.87. The van der Waals surface area contributed by atoms with Gasteiger partial charge in [-0.3, -0.25) is 4.90 Å². The second-order valence-electron chi connectivity index (χ2n) is 5.19. The van der Waals surface area contributed by atoms with Gasteiger partial charge in [-0.25, -0.2) is 4.79 Å². The number of amides is 1. The third-order valence-electron chi connectivity index (χ3n) is 3.91. The Labute approximate surface area is 129 Å². The zero-order valence-electron chi connectivity index (χ0n) is 12.4. The molecule has 0 spiro atoms. The summed E-state index contributed by atoms with van der Waals surface area (Å²) in [6.07, 6.45) is -0.0320. The topological polar surface area (TPSA) is 61.8 Å². The van der Waals surface area contributed by atoms with Crippen LogP contribution >= 0.6 is 0 Å². The van der Waals surface area contributed by atoms with Crippen LogP contribution < -0.4 is 15.0 Å². The zero-order chi connectivity index (χ0) is 15.5. The standard InChI is InChI=1S/C17H18N2O3/c1-22-14-7-5-13(6-8-14)19(17(20)21)11-12-3-2-4-16-15(12)9-10-18-16/h2-8,18H,9-11H2,1H3,(H,20,21). The lowest BCUT2D eigenvalue weighted by Gasteiger charge is -2.21. The summed E-state index contributed by atoms with van der Waals surface area (Å²) >= 11 is 0. The van der Waals surface area contributed by atoms with Crippen molar-refractivity contribution in [1.82, 2.24) is 0 Å². The minimum atomic E-state index is -0.964. The first-order chi connectivity index (χ1) is 10.7. The first-order valence-corrected chi connectivity index (χ1v) is 7.18. The third-order valence-corrected chi connectivity index (χ3v) is 3.91. The van der Waals surface area contributed by atoms with Gasteiger partial charge >= 0.3 is 6.09 Å². The van der Waals surface area contributed by atoms with Crippen molar-refractivity contribution in [3.05, 3.63) is 53.6 Å². The molecule has 5 nitrogen and oxygen atoms in total. The quantitative estimate of drug-likeness (QED) is 0.908. The first-order valence-electron chi connectivity index (χ1n) is 7.18. The lowest BCUT2D eigenvalue weighted by atomic mass is 10.0. The minimum Gasteiger partial charge on any atom is -0.497 e. The zero-order valence-corrected chi connectivity index (χ0v) is 12.4. The summed E-state index contributed by atoms with van der Waals surface area (Å²) < 4.78 is 5.11. The molecule has 2 aromatic rings. The van der Waals surface area contributed by atoms with Crippen LogP contribution in [-0.2, 0) is 13.0 Å². The van der Waals surface area contributed by atoms with Crippen molar-refractivity contribution in [2.24, 2.45) is 0 Å². The molecule has 2 aromatic carbocycles. The highest BCUT2D eigenvalue weighted by atomic mass is 16.5. The molecule has 0 aliphatic carbocycles. The van der Waals surface area contributed by atoms with Crippen LogP contribution in [0.3, 0.4) is 0 Å². The Bertz CT molecular complexity index is 683. The Morgan fingerprint density at radius 1 is 1.27 bits per heavy atom. The lowest BCUT2D eigenvalue weighted by molar-refractivity contribution is 0.201. The van der Waals surface area contributed by atoms with Crippen molar-refractivity contribution < 1.29 is 14.6 Å². The van der Waals surface area contributed by atoms with E-state index < -0.39 is 6.09 Å². The van der Waals surface area contributed by atoms with Crippen molar-refractivity contribution in [3.8, 4) is 5.75 Å². The van der Waals surface area contributed by atoms with Gasteiger partial charge in [-0.2, -0.15) is 0 Å². The average Bonchev–Trinajstić information content (AvgIpc) is 3.02. The summed E-state index contributed by atoms with van der Waals surface area (Å²) in [5.74, 6) is 0.707. The van der Waals surface area contributed by atoms with Crippen molar-refractivity contribution >= 4 is 17.5 Å². The van der Waals surface area contributed by atoms with Crippen LogP contribution in [-0.4, -0.2) is 24.9 Å². The molecule has 0 atom stereocenters. The van der Waals surface area contributed by atoms with Crippen LogP contribution in [0.2, 0.25) is 0 Å². The Hall–Kier alpha value is -2.69. The summed E-state index contributed by atoms with van der Waals surface area (Å²) in [5.41, 5.74) is 4.00. The fourth-order valence-corrected chi connectivity index (χ4v) is 2.77. The SMILES string of the molecule is COc1ccc(N(Cc2cccc3c2CCN3)C(=O)O)cc1. The molecule has 22 heavy (non-hydrogen) atoms. The van der Waals surface area contributed by atoms with Gasteiger partial charge < -0.3 is 15.2 Å². The van der Waals surface area contributed by atoms with Gasteiger partial charge in [0, 0.05) is 17.9 Å². The van der Waals surface area contributed by atoms with Crippen LogP contribution in [0.5, 0.6) is 5.75 Å². The monoisotopic (exact) mass is 298 g/mol. The minimum absolute atomic E-state index is 0.340. The van der Waals surface area contributed by atoms with E-state index in [1.54, 1.807) is 31.4 Å². The van der Waals surface area contributed by atoms with E-state index in [4.69, 9.17) is 4.74 Å². The predicted octanol–water partition coefficient (Wildman–Crippen LogP) is 3.35. The smallest absolute Gasteiger partial charge is 0.412 e. The summed E-state index contributed by atoms with van der Waals surface area (Å²) in [7, 11) is 1.59. The van der Waals surface area contributed by atoms with Crippen LogP contribution in [0.25, 0.3) is 0 Å². The first kappa shape index (κ1) is 14.3. The number of nitrogens with one attached hydrogen (secondary N) is 1. The summed E-state index contributed by atoms with van der Waals surface area (Å²) in [6, 6.07) is 13.0. The second kappa shape index (κ2) is 5.97. The molecule has 114 valence electrons. The molecule has 1 amide bonds. The summed E-state index contributed by atoms with van der Waals surface area (Å²) in [5, 5.41) is 12.9. The number of benzene rings is 2. The number of ether oxygens (including phenoxy) is 1. The number of carbonyl (C=O) groups is 1. The van der Waals surface area contributed by atoms with E-state index in [-0.39, 0.29) is 0 Å². The van der Waals surface area contributed by atoms with Gasteiger partial charge in [0.15, 0.2) is 0 Å². The fraction of sp³-hybridized carbons (Fsp3) is 0.235. The molecule has 2 N–H and O–H groups in total. The highest BCUT2D eigenvalue weighted by molar-refractivity contribution is 5.86. The maximum absolute atomic E-state index is 11.6. The van der Waals surface area contributed by atoms with Gasteiger partial charge in [0.1, 0.15) is 5.75 Å². The molecule has 1 heterocycles. The van der Waals surface area contributed by atoms with Crippen molar-refractivity contribution in [1.29, 1.82) is 0 Å². The van der Waals surface area contributed by atoms with Gasteiger partial charge in [-0.05, 0) is 47.9 Å². The fourth-order valence-electron chi connectivity index (χ4n) is 2.77. The van der Waals surface area contributed by atoms with E-state index >= 15 is 0 Å². The molecule has 0 saturated carbocycles. The number of hydrogen-bond acceptors (Lipinski definition) is 3. The number of carboxylic acid groups (broad SMARTS) is 1.